The van der Waals surface area contributed by atoms with Crippen LogP contribution in [-0.4, -0.2) is 72.5 Å². The Morgan fingerprint density at radius 3 is 2.00 bits per heavy atom. The summed E-state index contributed by atoms with van der Waals surface area (Å²) < 4.78 is 0. The van der Waals surface area contributed by atoms with E-state index in [-0.39, 0.29) is 0 Å². The molecule has 2 heterocycles. The summed E-state index contributed by atoms with van der Waals surface area (Å²) in [6, 6.07) is 0.694. The Morgan fingerprint density at radius 2 is 1.55 bits per heavy atom. The normalized spacial score (nSPS) is 21.6. The van der Waals surface area contributed by atoms with Gasteiger partial charge in [0, 0.05) is 45.2 Å². The quantitative estimate of drug-likeness (QED) is 0.799. The highest BCUT2D eigenvalue weighted by atomic mass is 16.2. The average Bonchev–Trinajstić information content (AvgIpc) is 2.57. The maximum absolute atomic E-state index is 11.7. The van der Waals surface area contributed by atoms with Gasteiger partial charge in [0.05, 0.1) is 0 Å². The Hall–Kier alpha value is -0.610. The second kappa shape index (κ2) is 10.2. The number of hydrogen-bond donors (Lipinski definition) is 0. The lowest BCUT2D eigenvalue weighted by Gasteiger charge is -2.39. The number of amides is 1. The van der Waals surface area contributed by atoms with Gasteiger partial charge in [-0.3, -0.25) is 9.69 Å². The third-order valence-corrected chi connectivity index (χ3v) is 4.92. The zero-order valence-electron chi connectivity index (χ0n) is 15.5. The Morgan fingerprint density at radius 1 is 1.00 bits per heavy atom. The van der Waals surface area contributed by atoms with Crippen LogP contribution in [0.1, 0.15) is 53.9 Å². The summed E-state index contributed by atoms with van der Waals surface area (Å²) in [6.45, 7) is 18.3. The maximum atomic E-state index is 11.7. The van der Waals surface area contributed by atoms with Gasteiger partial charge >= 0.3 is 0 Å². The highest BCUT2D eigenvalue weighted by molar-refractivity contribution is 5.75. The van der Waals surface area contributed by atoms with Crippen LogP contribution in [0.5, 0.6) is 0 Å². The van der Waals surface area contributed by atoms with Crippen LogP contribution in [0.25, 0.3) is 0 Å². The fourth-order valence-electron chi connectivity index (χ4n) is 3.42. The van der Waals surface area contributed by atoms with Crippen molar-refractivity contribution in [1.82, 2.24) is 14.7 Å². The summed E-state index contributed by atoms with van der Waals surface area (Å²) in [5, 5.41) is 0. The molecule has 0 aromatic rings. The van der Waals surface area contributed by atoms with E-state index in [1.54, 1.807) is 0 Å². The molecule has 0 aromatic carbocycles. The zero-order chi connectivity index (χ0) is 16.5. The SMILES string of the molecule is CC.CCC(=O)N1CCN(CC2CCN(C(C)C)CC2)CC1. The Labute approximate surface area is 137 Å². The van der Waals surface area contributed by atoms with Gasteiger partial charge in [-0.2, -0.15) is 0 Å². The molecular weight excluding hydrogens is 274 g/mol. The van der Waals surface area contributed by atoms with E-state index >= 15 is 0 Å². The van der Waals surface area contributed by atoms with Crippen molar-refractivity contribution < 1.29 is 4.79 Å². The predicted octanol–water partition coefficient (Wildman–Crippen LogP) is 2.69. The standard InChI is InChI=1S/C16H31N3O.C2H6/c1-4-16(20)19-11-9-17(10-12-19)13-15-5-7-18(8-6-15)14(2)3;1-2/h14-15H,4-13H2,1-3H3;1-2H3. The summed E-state index contributed by atoms with van der Waals surface area (Å²) >= 11 is 0. The molecule has 0 bridgehead atoms. The lowest BCUT2D eigenvalue weighted by atomic mass is 9.95. The first kappa shape index (κ1) is 19.4. The molecule has 22 heavy (non-hydrogen) atoms. The highest BCUT2D eigenvalue weighted by Gasteiger charge is 2.25. The van der Waals surface area contributed by atoms with E-state index < -0.39 is 0 Å². The summed E-state index contributed by atoms with van der Waals surface area (Å²) in [5.74, 6) is 1.17. The first-order valence-electron chi connectivity index (χ1n) is 9.34. The number of rotatable bonds is 4. The lowest BCUT2D eigenvalue weighted by molar-refractivity contribution is -0.132. The number of carbonyl (C=O) groups excluding carboxylic acids is 1. The van der Waals surface area contributed by atoms with Crippen LogP contribution >= 0.6 is 0 Å². The molecule has 0 N–H and O–H groups in total. The molecule has 2 fully saturated rings. The molecule has 2 rings (SSSR count). The second-order valence-corrected chi connectivity index (χ2v) is 6.61. The number of likely N-dealkylation sites (tertiary alicyclic amines) is 1. The van der Waals surface area contributed by atoms with Crippen LogP contribution < -0.4 is 0 Å². The van der Waals surface area contributed by atoms with Gasteiger partial charge in [-0.1, -0.05) is 20.8 Å². The molecule has 4 heteroatoms. The molecule has 4 nitrogen and oxygen atoms in total. The molecule has 0 saturated carbocycles. The molecule has 2 aliphatic rings. The van der Waals surface area contributed by atoms with Crippen molar-refractivity contribution in [1.29, 1.82) is 0 Å². The number of nitrogens with zero attached hydrogens (tertiary/aromatic N) is 3. The number of carbonyl (C=O) groups is 1. The first-order chi connectivity index (χ1) is 10.6. The Bertz CT molecular complexity index is 303. The highest BCUT2D eigenvalue weighted by Crippen LogP contribution is 2.20. The van der Waals surface area contributed by atoms with Crippen molar-refractivity contribution in [3.8, 4) is 0 Å². The van der Waals surface area contributed by atoms with Gasteiger partial charge in [0.15, 0.2) is 0 Å². The summed E-state index contributed by atoms with van der Waals surface area (Å²) in [5.41, 5.74) is 0. The van der Waals surface area contributed by atoms with Gasteiger partial charge in [-0.25, -0.2) is 0 Å². The number of piperidine rings is 1. The molecule has 2 aliphatic heterocycles. The molecule has 0 aliphatic carbocycles. The molecule has 130 valence electrons. The maximum Gasteiger partial charge on any atom is 0.222 e. The van der Waals surface area contributed by atoms with E-state index in [2.05, 4.69) is 23.6 Å². The van der Waals surface area contributed by atoms with Crippen molar-refractivity contribution in [3.63, 3.8) is 0 Å². The third-order valence-electron chi connectivity index (χ3n) is 4.92. The minimum atomic E-state index is 0.315. The van der Waals surface area contributed by atoms with Gasteiger partial charge < -0.3 is 9.80 Å². The summed E-state index contributed by atoms with van der Waals surface area (Å²) in [7, 11) is 0. The van der Waals surface area contributed by atoms with E-state index in [0.717, 1.165) is 32.1 Å². The fraction of sp³-hybridized carbons (Fsp3) is 0.944. The molecular formula is C18H37N3O. The lowest BCUT2D eigenvalue weighted by Crippen LogP contribution is -2.50. The largest absolute Gasteiger partial charge is 0.340 e. The van der Waals surface area contributed by atoms with Gasteiger partial charge in [-0.15, -0.1) is 0 Å². The van der Waals surface area contributed by atoms with E-state index in [9.17, 15) is 4.79 Å². The van der Waals surface area contributed by atoms with Gasteiger partial charge in [-0.05, 0) is 45.7 Å². The predicted molar refractivity (Wildman–Crippen MR) is 94.1 cm³/mol. The van der Waals surface area contributed by atoms with Crippen molar-refractivity contribution in [3.05, 3.63) is 0 Å². The monoisotopic (exact) mass is 311 g/mol. The first-order valence-corrected chi connectivity index (χ1v) is 9.34. The Kier molecular flexibility index (Phi) is 9.03. The molecule has 0 unspecified atom stereocenters. The third kappa shape index (κ3) is 5.88. The number of piperazine rings is 1. The van der Waals surface area contributed by atoms with Gasteiger partial charge in [0.2, 0.25) is 5.91 Å². The van der Waals surface area contributed by atoms with E-state index in [1.807, 2.05) is 25.7 Å². The van der Waals surface area contributed by atoms with Crippen LogP contribution in [0.4, 0.5) is 0 Å². The van der Waals surface area contributed by atoms with Crippen LogP contribution in [0.15, 0.2) is 0 Å². The van der Waals surface area contributed by atoms with Crippen LogP contribution in [0.3, 0.4) is 0 Å². The fourth-order valence-corrected chi connectivity index (χ4v) is 3.42. The molecule has 0 radical (unpaired) electrons. The van der Waals surface area contributed by atoms with Gasteiger partial charge in [0.1, 0.15) is 0 Å². The minimum absolute atomic E-state index is 0.315. The minimum Gasteiger partial charge on any atom is -0.340 e. The van der Waals surface area contributed by atoms with Crippen LogP contribution in [0.2, 0.25) is 0 Å². The van der Waals surface area contributed by atoms with Crippen molar-refractivity contribution in [2.45, 2.75) is 59.9 Å². The smallest absolute Gasteiger partial charge is 0.222 e. The van der Waals surface area contributed by atoms with E-state index in [1.165, 1.54) is 32.5 Å². The van der Waals surface area contributed by atoms with Crippen molar-refractivity contribution >= 4 is 5.91 Å². The van der Waals surface area contributed by atoms with Crippen molar-refractivity contribution in [2.24, 2.45) is 5.92 Å². The topological polar surface area (TPSA) is 26.8 Å². The summed E-state index contributed by atoms with van der Waals surface area (Å²) in [6.07, 6.45) is 3.33. The summed E-state index contributed by atoms with van der Waals surface area (Å²) in [4.78, 5) is 18.8. The average molecular weight is 312 g/mol. The van der Waals surface area contributed by atoms with E-state index in [0.29, 0.717) is 18.4 Å². The number of hydrogen-bond acceptors (Lipinski definition) is 3. The Balaban J connectivity index is 0.00000116. The molecule has 1 amide bonds. The molecule has 0 spiro atoms. The zero-order valence-corrected chi connectivity index (χ0v) is 15.5. The van der Waals surface area contributed by atoms with Crippen LogP contribution in [0, 0.1) is 5.92 Å². The second-order valence-electron chi connectivity index (χ2n) is 6.61. The molecule has 0 atom stereocenters. The van der Waals surface area contributed by atoms with Crippen LogP contribution in [-0.2, 0) is 4.79 Å². The molecule has 2 saturated heterocycles. The van der Waals surface area contributed by atoms with Gasteiger partial charge in [0.25, 0.3) is 0 Å². The molecule has 0 aromatic heterocycles. The van der Waals surface area contributed by atoms with Crippen molar-refractivity contribution in [2.75, 3.05) is 45.8 Å². The van der Waals surface area contributed by atoms with E-state index in [4.69, 9.17) is 0 Å².